The van der Waals surface area contributed by atoms with Crippen LogP contribution in [-0.2, 0) is 4.79 Å². The van der Waals surface area contributed by atoms with Crippen molar-refractivity contribution in [2.45, 2.75) is 76.7 Å². The molecule has 1 N–H and O–H groups in total. The fourth-order valence-corrected chi connectivity index (χ4v) is 7.25. The number of amides is 1. The Morgan fingerprint density at radius 3 is 2.23 bits per heavy atom. The molecule has 22 heavy (non-hydrogen) atoms. The second kappa shape index (κ2) is 5.11. The highest BCUT2D eigenvalue weighted by molar-refractivity contribution is 5.87. The van der Waals surface area contributed by atoms with Gasteiger partial charge in [0.2, 0.25) is 5.91 Å². The molecule has 5 fully saturated rings. The first-order chi connectivity index (χ1) is 10.6. The maximum Gasteiger partial charge on any atom is 0.243 e. The zero-order valence-electron chi connectivity index (χ0n) is 14.1. The van der Waals surface area contributed by atoms with Gasteiger partial charge in [-0.1, -0.05) is 32.8 Å². The molecular formula is C20H31NO. The lowest BCUT2D eigenvalue weighted by Gasteiger charge is -2.67. The minimum absolute atomic E-state index is 0.0724. The SMILES string of the molecule is C=CC(=O)NC1(C2CCCCC2)C2CC3CC1CC(C)(C3)C2. The molecule has 5 rings (SSSR count). The molecule has 5 aliphatic rings. The molecule has 0 aromatic rings. The van der Waals surface area contributed by atoms with E-state index in [1.165, 1.54) is 70.3 Å². The number of rotatable bonds is 3. The van der Waals surface area contributed by atoms with Crippen LogP contribution in [0.3, 0.4) is 0 Å². The smallest absolute Gasteiger partial charge is 0.243 e. The van der Waals surface area contributed by atoms with Crippen LogP contribution in [0.4, 0.5) is 0 Å². The van der Waals surface area contributed by atoms with Crippen LogP contribution in [0.1, 0.15) is 71.1 Å². The van der Waals surface area contributed by atoms with Crippen LogP contribution < -0.4 is 5.32 Å². The van der Waals surface area contributed by atoms with E-state index in [2.05, 4.69) is 18.8 Å². The van der Waals surface area contributed by atoms with Gasteiger partial charge < -0.3 is 5.32 Å². The predicted octanol–water partition coefficient (Wildman–Crippen LogP) is 4.45. The van der Waals surface area contributed by atoms with Gasteiger partial charge in [0.1, 0.15) is 0 Å². The Bertz CT molecular complexity index is 460. The summed E-state index contributed by atoms with van der Waals surface area (Å²) < 4.78 is 0. The van der Waals surface area contributed by atoms with E-state index in [0.717, 1.165) is 17.8 Å². The van der Waals surface area contributed by atoms with Gasteiger partial charge in [-0.25, -0.2) is 0 Å². The lowest BCUT2D eigenvalue weighted by atomic mass is 9.41. The highest BCUT2D eigenvalue weighted by Crippen LogP contribution is 2.66. The maximum absolute atomic E-state index is 12.3. The summed E-state index contributed by atoms with van der Waals surface area (Å²) in [6.07, 6.45) is 15.1. The molecule has 0 spiro atoms. The zero-order chi connectivity index (χ0) is 15.4. The Kier molecular flexibility index (Phi) is 3.43. The molecule has 0 aliphatic heterocycles. The Morgan fingerprint density at radius 2 is 1.68 bits per heavy atom. The molecule has 5 saturated carbocycles. The molecule has 1 amide bonds. The fourth-order valence-electron chi connectivity index (χ4n) is 7.25. The molecule has 0 aromatic carbocycles. The summed E-state index contributed by atoms with van der Waals surface area (Å²) in [6, 6.07) is 0. The number of carbonyl (C=O) groups excluding carboxylic acids is 1. The predicted molar refractivity (Wildman–Crippen MR) is 89.3 cm³/mol. The lowest BCUT2D eigenvalue weighted by Crippen LogP contribution is -2.70. The molecule has 2 unspecified atom stereocenters. The third kappa shape index (κ3) is 2.09. The minimum atomic E-state index is 0.0724. The highest BCUT2D eigenvalue weighted by Gasteiger charge is 2.63. The molecule has 2 nitrogen and oxygen atoms in total. The Morgan fingerprint density at radius 1 is 1.05 bits per heavy atom. The fraction of sp³-hybridized carbons (Fsp3) is 0.850. The van der Waals surface area contributed by atoms with Gasteiger partial charge in [-0.05, 0) is 80.1 Å². The van der Waals surface area contributed by atoms with Gasteiger partial charge in [-0.3, -0.25) is 4.79 Å². The maximum atomic E-state index is 12.3. The molecule has 4 bridgehead atoms. The van der Waals surface area contributed by atoms with E-state index >= 15 is 0 Å². The van der Waals surface area contributed by atoms with E-state index in [1.807, 2.05) is 0 Å². The van der Waals surface area contributed by atoms with Crippen molar-refractivity contribution in [2.75, 3.05) is 0 Å². The van der Waals surface area contributed by atoms with Crippen LogP contribution >= 0.6 is 0 Å². The van der Waals surface area contributed by atoms with Gasteiger partial charge in [-0.15, -0.1) is 0 Å². The second-order valence-electron chi connectivity index (χ2n) is 9.12. The van der Waals surface area contributed by atoms with Gasteiger partial charge in [-0.2, -0.15) is 0 Å². The normalized spacial score (nSPS) is 47.4. The Labute approximate surface area is 135 Å². The van der Waals surface area contributed by atoms with Crippen molar-refractivity contribution in [3.05, 3.63) is 12.7 Å². The molecule has 0 radical (unpaired) electrons. The van der Waals surface area contributed by atoms with Crippen molar-refractivity contribution in [1.29, 1.82) is 0 Å². The summed E-state index contributed by atoms with van der Waals surface area (Å²) in [5.41, 5.74) is 0.662. The quantitative estimate of drug-likeness (QED) is 0.766. The van der Waals surface area contributed by atoms with Crippen LogP contribution in [0.15, 0.2) is 12.7 Å². The van der Waals surface area contributed by atoms with Crippen LogP contribution in [0.5, 0.6) is 0 Å². The van der Waals surface area contributed by atoms with Crippen LogP contribution in [0.25, 0.3) is 0 Å². The number of hydrogen-bond donors (Lipinski definition) is 1. The van der Waals surface area contributed by atoms with Crippen LogP contribution in [0, 0.1) is 29.1 Å². The van der Waals surface area contributed by atoms with Gasteiger partial charge in [0.15, 0.2) is 0 Å². The minimum Gasteiger partial charge on any atom is -0.346 e. The van der Waals surface area contributed by atoms with Crippen molar-refractivity contribution in [3.8, 4) is 0 Å². The zero-order valence-corrected chi connectivity index (χ0v) is 14.1. The first kappa shape index (κ1) is 14.8. The molecule has 0 heterocycles. The summed E-state index contributed by atoms with van der Waals surface area (Å²) in [6.45, 7) is 6.23. The third-order valence-electron chi connectivity index (χ3n) is 7.65. The Hall–Kier alpha value is -0.790. The summed E-state index contributed by atoms with van der Waals surface area (Å²) in [5.74, 6) is 3.15. The molecule has 0 saturated heterocycles. The van der Waals surface area contributed by atoms with Gasteiger partial charge in [0.25, 0.3) is 0 Å². The van der Waals surface area contributed by atoms with E-state index in [4.69, 9.17) is 0 Å². The van der Waals surface area contributed by atoms with Crippen LogP contribution in [-0.4, -0.2) is 11.4 Å². The van der Waals surface area contributed by atoms with Gasteiger partial charge >= 0.3 is 0 Å². The summed E-state index contributed by atoms with van der Waals surface area (Å²) in [5, 5.41) is 3.56. The monoisotopic (exact) mass is 301 g/mol. The summed E-state index contributed by atoms with van der Waals surface area (Å²) >= 11 is 0. The van der Waals surface area contributed by atoms with Crippen LogP contribution in [0.2, 0.25) is 0 Å². The van der Waals surface area contributed by atoms with Crippen molar-refractivity contribution in [2.24, 2.45) is 29.1 Å². The molecule has 0 aromatic heterocycles. The van der Waals surface area contributed by atoms with Gasteiger partial charge in [0, 0.05) is 5.54 Å². The number of carbonyl (C=O) groups is 1. The Balaban J connectivity index is 1.71. The standard InChI is InChI=1S/C20H31NO/c1-3-18(22)21-20(15-7-5-4-6-8-15)16-9-14-10-17(20)13-19(2,11-14)12-16/h3,14-17H,1,4-13H2,2H3,(H,21,22). The first-order valence-electron chi connectivity index (χ1n) is 9.50. The second-order valence-corrected chi connectivity index (χ2v) is 9.12. The molecule has 5 aliphatic carbocycles. The highest BCUT2D eigenvalue weighted by atomic mass is 16.1. The molecule has 122 valence electrons. The average Bonchev–Trinajstić information content (AvgIpc) is 2.50. The topological polar surface area (TPSA) is 29.1 Å². The van der Waals surface area contributed by atoms with E-state index in [1.54, 1.807) is 0 Å². The van der Waals surface area contributed by atoms with Crippen molar-refractivity contribution >= 4 is 5.91 Å². The third-order valence-corrected chi connectivity index (χ3v) is 7.65. The van der Waals surface area contributed by atoms with Crippen molar-refractivity contribution < 1.29 is 4.79 Å². The molecule has 2 heteroatoms. The molecule has 2 atom stereocenters. The first-order valence-corrected chi connectivity index (χ1v) is 9.50. The summed E-state index contributed by atoms with van der Waals surface area (Å²) in [7, 11) is 0. The average molecular weight is 301 g/mol. The van der Waals surface area contributed by atoms with Crippen molar-refractivity contribution in [1.82, 2.24) is 5.32 Å². The van der Waals surface area contributed by atoms with Crippen molar-refractivity contribution in [3.63, 3.8) is 0 Å². The van der Waals surface area contributed by atoms with E-state index in [9.17, 15) is 4.79 Å². The number of hydrogen-bond acceptors (Lipinski definition) is 1. The number of nitrogens with one attached hydrogen (secondary N) is 1. The van der Waals surface area contributed by atoms with E-state index in [0.29, 0.717) is 11.3 Å². The summed E-state index contributed by atoms with van der Waals surface area (Å²) in [4.78, 5) is 12.3. The lowest BCUT2D eigenvalue weighted by molar-refractivity contribution is -0.152. The van der Waals surface area contributed by atoms with Gasteiger partial charge in [0.05, 0.1) is 0 Å². The van der Waals surface area contributed by atoms with E-state index in [-0.39, 0.29) is 11.4 Å². The largest absolute Gasteiger partial charge is 0.346 e. The molecular weight excluding hydrogens is 270 g/mol. The van der Waals surface area contributed by atoms with E-state index < -0.39 is 0 Å².